The summed E-state index contributed by atoms with van der Waals surface area (Å²) in [6.07, 6.45) is 12.3. The van der Waals surface area contributed by atoms with Gasteiger partial charge in [0, 0.05) is 31.4 Å². The van der Waals surface area contributed by atoms with Crippen LogP contribution in [-0.4, -0.2) is 50.6 Å². The summed E-state index contributed by atoms with van der Waals surface area (Å²) in [5, 5.41) is 4.19. The number of carbonyl (C=O) groups is 1. The Balaban J connectivity index is 1.11. The van der Waals surface area contributed by atoms with E-state index in [9.17, 15) is 4.79 Å². The average molecular weight is 434 g/mol. The van der Waals surface area contributed by atoms with Crippen LogP contribution < -0.4 is 4.74 Å². The predicted octanol–water partition coefficient (Wildman–Crippen LogP) is 3.57. The minimum Gasteiger partial charge on any atom is -0.495 e. The standard InChI is InChI=1S/C25H31N5O2/c1-32-22-11-9-21(26-14-22)10-12-23-19-7-8-20(23)16-29(15-19)24(31)6-2-4-18-5-3-13-30-25(18)27-17-28-30/h3,5,9,11,13-14,17,19-20,23H,2,4,6-8,10,12,15-16H2,1H3. The van der Waals surface area contributed by atoms with Crippen molar-refractivity contribution in [3.05, 3.63) is 54.2 Å². The number of rotatable bonds is 8. The number of aromatic nitrogens is 4. The van der Waals surface area contributed by atoms with Gasteiger partial charge in [-0.05, 0) is 80.0 Å². The number of nitrogens with zero attached hydrogens (tertiary/aromatic N) is 5. The Morgan fingerprint density at radius 2 is 1.97 bits per heavy atom. The van der Waals surface area contributed by atoms with Crippen LogP contribution in [0.5, 0.6) is 5.75 Å². The number of ether oxygens (including phenoxy) is 1. The number of carbonyl (C=O) groups excluding carboxylic acids is 1. The molecule has 3 aromatic heterocycles. The third-order valence-electron chi connectivity index (χ3n) is 7.37. The zero-order chi connectivity index (χ0) is 21.9. The van der Waals surface area contributed by atoms with E-state index < -0.39 is 0 Å². The molecule has 0 radical (unpaired) electrons. The number of methoxy groups -OCH3 is 1. The number of fused-ring (bicyclic) bond motifs is 3. The van der Waals surface area contributed by atoms with Crippen LogP contribution in [0.2, 0.25) is 0 Å². The van der Waals surface area contributed by atoms with Gasteiger partial charge in [0.05, 0.1) is 13.3 Å². The lowest BCUT2D eigenvalue weighted by molar-refractivity contribution is -0.134. The molecule has 7 heteroatoms. The second kappa shape index (κ2) is 9.27. The smallest absolute Gasteiger partial charge is 0.222 e. The minimum atomic E-state index is 0.311. The summed E-state index contributed by atoms with van der Waals surface area (Å²) in [4.78, 5) is 23.9. The van der Waals surface area contributed by atoms with Gasteiger partial charge in [0.15, 0.2) is 5.65 Å². The molecule has 0 N–H and O–H groups in total. The fourth-order valence-electron chi connectivity index (χ4n) is 5.69. The molecule has 0 spiro atoms. The van der Waals surface area contributed by atoms with Gasteiger partial charge in [-0.3, -0.25) is 9.78 Å². The molecule has 0 aromatic carbocycles. The van der Waals surface area contributed by atoms with Crippen LogP contribution in [0.15, 0.2) is 43.0 Å². The van der Waals surface area contributed by atoms with Gasteiger partial charge >= 0.3 is 0 Å². The van der Waals surface area contributed by atoms with Gasteiger partial charge < -0.3 is 9.64 Å². The highest BCUT2D eigenvalue weighted by Gasteiger charge is 2.42. The maximum atomic E-state index is 12.9. The summed E-state index contributed by atoms with van der Waals surface area (Å²) in [5.41, 5.74) is 3.18. The van der Waals surface area contributed by atoms with E-state index >= 15 is 0 Å². The Kier molecular flexibility index (Phi) is 6.06. The maximum Gasteiger partial charge on any atom is 0.222 e. The molecule has 7 nitrogen and oxygen atoms in total. The molecule has 2 atom stereocenters. The van der Waals surface area contributed by atoms with Crippen molar-refractivity contribution >= 4 is 11.6 Å². The number of aryl methyl sites for hydroxylation is 2. The van der Waals surface area contributed by atoms with Crippen LogP contribution in [0.25, 0.3) is 5.65 Å². The molecule has 1 aliphatic carbocycles. The molecule has 32 heavy (non-hydrogen) atoms. The highest BCUT2D eigenvalue weighted by atomic mass is 16.5. The van der Waals surface area contributed by atoms with Gasteiger partial charge in [0.1, 0.15) is 12.1 Å². The first-order chi connectivity index (χ1) is 15.7. The fourth-order valence-corrected chi connectivity index (χ4v) is 5.69. The van der Waals surface area contributed by atoms with E-state index in [1.54, 1.807) is 24.1 Å². The third-order valence-corrected chi connectivity index (χ3v) is 7.37. The van der Waals surface area contributed by atoms with E-state index in [1.807, 2.05) is 18.3 Å². The molecule has 5 rings (SSSR count). The van der Waals surface area contributed by atoms with Crippen molar-refractivity contribution < 1.29 is 9.53 Å². The van der Waals surface area contributed by atoms with Crippen molar-refractivity contribution in [2.45, 2.75) is 44.9 Å². The van der Waals surface area contributed by atoms with Crippen molar-refractivity contribution in [2.75, 3.05) is 20.2 Å². The summed E-state index contributed by atoms with van der Waals surface area (Å²) >= 11 is 0. The van der Waals surface area contributed by atoms with E-state index in [0.29, 0.717) is 30.1 Å². The normalized spacial score (nSPS) is 22.4. The molecular formula is C25H31N5O2. The Bertz CT molecular complexity index is 1050. The fraction of sp³-hybridized carbons (Fsp3) is 0.520. The first-order valence-corrected chi connectivity index (χ1v) is 11.7. The van der Waals surface area contributed by atoms with Crippen molar-refractivity contribution in [3.63, 3.8) is 0 Å². The molecular weight excluding hydrogens is 402 g/mol. The summed E-state index contributed by atoms with van der Waals surface area (Å²) in [6, 6.07) is 8.13. The highest BCUT2D eigenvalue weighted by molar-refractivity contribution is 5.76. The van der Waals surface area contributed by atoms with Crippen molar-refractivity contribution in [1.82, 2.24) is 24.5 Å². The lowest BCUT2D eigenvalue weighted by Gasteiger charge is -2.38. The highest BCUT2D eigenvalue weighted by Crippen LogP contribution is 2.44. The predicted molar refractivity (Wildman–Crippen MR) is 121 cm³/mol. The molecule has 1 saturated heterocycles. The molecule has 3 aromatic rings. The summed E-state index contributed by atoms with van der Waals surface area (Å²) in [5.74, 6) is 3.11. The molecule has 1 amide bonds. The molecule has 2 fully saturated rings. The second-order valence-electron chi connectivity index (χ2n) is 9.20. The first-order valence-electron chi connectivity index (χ1n) is 11.7. The van der Waals surface area contributed by atoms with E-state index in [2.05, 4.69) is 32.1 Å². The molecule has 4 heterocycles. The molecule has 1 saturated carbocycles. The number of hydrogen-bond donors (Lipinski definition) is 0. The molecule has 1 aliphatic heterocycles. The van der Waals surface area contributed by atoms with Crippen LogP contribution in [0.1, 0.15) is 43.4 Å². The van der Waals surface area contributed by atoms with Crippen molar-refractivity contribution in [3.8, 4) is 5.75 Å². The van der Waals surface area contributed by atoms with Gasteiger partial charge in [0.2, 0.25) is 5.91 Å². The van der Waals surface area contributed by atoms with Crippen LogP contribution in [-0.2, 0) is 17.6 Å². The van der Waals surface area contributed by atoms with Crippen LogP contribution in [0.4, 0.5) is 0 Å². The molecule has 2 bridgehead atoms. The lowest BCUT2D eigenvalue weighted by atomic mass is 9.81. The van der Waals surface area contributed by atoms with Crippen LogP contribution in [0, 0.1) is 17.8 Å². The summed E-state index contributed by atoms with van der Waals surface area (Å²) in [6.45, 7) is 1.85. The average Bonchev–Trinajstić information content (AvgIpc) is 3.39. The number of amides is 1. The number of hydrogen-bond acceptors (Lipinski definition) is 5. The van der Waals surface area contributed by atoms with Crippen LogP contribution >= 0.6 is 0 Å². The summed E-state index contributed by atoms with van der Waals surface area (Å²) in [7, 11) is 1.67. The Labute approximate surface area is 188 Å². The largest absolute Gasteiger partial charge is 0.495 e. The third kappa shape index (κ3) is 4.33. The zero-order valence-corrected chi connectivity index (χ0v) is 18.7. The topological polar surface area (TPSA) is 72.6 Å². The minimum absolute atomic E-state index is 0.311. The maximum absolute atomic E-state index is 12.9. The van der Waals surface area contributed by atoms with Gasteiger partial charge in [-0.25, -0.2) is 9.50 Å². The summed E-state index contributed by atoms with van der Waals surface area (Å²) < 4.78 is 7.00. The van der Waals surface area contributed by atoms with E-state index in [1.165, 1.54) is 19.3 Å². The molecule has 2 unspecified atom stereocenters. The quantitative estimate of drug-likeness (QED) is 0.543. The van der Waals surface area contributed by atoms with Gasteiger partial charge in [-0.15, -0.1) is 0 Å². The number of likely N-dealkylation sites (tertiary alicyclic amines) is 1. The molecule has 168 valence electrons. The Morgan fingerprint density at radius 3 is 2.72 bits per heavy atom. The second-order valence-corrected chi connectivity index (χ2v) is 9.20. The monoisotopic (exact) mass is 433 g/mol. The Hall–Kier alpha value is -2.96. The SMILES string of the molecule is COc1ccc(CCC2C3CCC2CN(C(=O)CCCc2cccn4ncnc24)C3)nc1. The number of piperidine rings is 1. The lowest BCUT2D eigenvalue weighted by Crippen LogP contribution is -2.45. The van der Waals surface area contributed by atoms with Gasteiger partial charge in [-0.2, -0.15) is 5.10 Å². The first kappa shape index (κ1) is 20.9. The number of pyridine rings is 2. The van der Waals surface area contributed by atoms with Crippen molar-refractivity contribution in [2.24, 2.45) is 17.8 Å². The van der Waals surface area contributed by atoms with E-state index in [4.69, 9.17) is 4.74 Å². The van der Waals surface area contributed by atoms with Gasteiger partial charge in [-0.1, -0.05) is 6.07 Å². The van der Waals surface area contributed by atoms with Gasteiger partial charge in [0.25, 0.3) is 0 Å². The van der Waals surface area contributed by atoms with E-state index in [-0.39, 0.29) is 0 Å². The van der Waals surface area contributed by atoms with Crippen LogP contribution in [0.3, 0.4) is 0 Å². The van der Waals surface area contributed by atoms with E-state index in [0.717, 1.165) is 55.0 Å². The van der Waals surface area contributed by atoms with Crippen molar-refractivity contribution in [1.29, 1.82) is 0 Å². The Morgan fingerprint density at radius 1 is 1.12 bits per heavy atom. The zero-order valence-electron chi connectivity index (χ0n) is 18.7. The molecule has 2 aliphatic rings.